The summed E-state index contributed by atoms with van der Waals surface area (Å²) >= 11 is 13.6. The van der Waals surface area contributed by atoms with Crippen LogP contribution in [-0.4, -0.2) is 31.3 Å². The van der Waals surface area contributed by atoms with E-state index in [-0.39, 0.29) is 16.0 Å². The van der Waals surface area contributed by atoms with Crippen LogP contribution in [0, 0.1) is 0 Å². The van der Waals surface area contributed by atoms with Crippen LogP contribution >= 0.6 is 34.5 Å². The number of carbonyl (C=O) groups excluding carboxylic acids is 2. The molecule has 1 aromatic heterocycles. The second kappa shape index (κ2) is 6.19. The number of halogens is 2. The van der Waals surface area contributed by atoms with Crippen LogP contribution in [0.2, 0.25) is 10.0 Å². The number of ether oxygens (including phenoxy) is 3. The molecule has 0 amide bonds. The number of thiophene rings is 1. The molecule has 0 spiro atoms. The molecule has 1 aliphatic rings. The molecule has 1 aliphatic heterocycles. The van der Waals surface area contributed by atoms with Crippen LogP contribution in [0.3, 0.4) is 0 Å². The van der Waals surface area contributed by atoms with Gasteiger partial charge in [-0.2, -0.15) is 0 Å². The first-order valence-electron chi connectivity index (χ1n) is 6.78. The van der Waals surface area contributed by atoms with Crippen LogP contribution in [0.25, 0.3) is 10.1 Å². The summed E-state index contributed by atoms with van der Waals surface area (Å²) in [5.41, 5.74) is 0. The molecule has 0 radical (unpaired) electrons. The molecule has 0 N–H and O–H groups in total. The summed E-state index contributed by atoms with van der Waals surface area (Å²) in [5.74, 6) is -0.713. The summed E-state index contributed by atoms with van der Waals surface area (Å²) in [6, 6.07) is 3.40. The fourth-order valence-corrected chi connectivity index (χ4v) is 4.14. The van der Waals surface area contributed by atoms with Gasteiger partial charge in [-0.3, -0.25) is 0 Å². The number of cyclic esters (lactones) is 1. The van der Waals surface area contributed by atoms with Crippen molar-refractivity contribution in [2.24, 2.45) is 0 Å². The predicted octanol–water partition coefficient (Wildman–Crippen LogP) is 4.08. The van der Waals surface area contributed by atoms with Crippen LogP contribution < -0.4 is 4.74 Å². The number of hydrogen-bond acceptors (Lipinski definition) is 6. The van der Waals surface area contributed by atoms with Gasteiger partial charge in [0.2, 0.25) is 6.10 Å². The molecule has 122 valence electrons. The Morgan fingerprint density at radius 3 is 2.70 bits per heavy atom. The number of hydrogen-bond donors (Lipinski definition) is 0. The Bertz CT molecular complexity index is 801. The number of benzene rings is 1. The molecule has 2 heterocycles. The highest BCUT2D eigenvalue weighted by Crippen LogP contribution is 2.43. The Morgan fingerprint density at radius 1 is 1.35 bits per heavy atom. The molecule has 1 aromatic carbocycles. The molecule has 1 saturated heterocycles. The van der Waals surface area contributed by atoms with Crippen LogP contribution in [0.1, 0.15) is 23.0 Å². The zero-order valence-corrected chi connectivity index (χ0v) is 14.6. The molecule has 23 heavy (non-hydrogen) atoms. The molecule has 0 bridgehead atoms. The third-order valence-corrected chi connectivity index (χ3v) is 5.68. The average Bonchev–Trinajstić information content (AvgIpc) is 3.00. The minimum Gasteiger partial charge on any atom is -0.495 e. The summed E-state index contributed by atoms with van der Waals surface area (Å²) in [6.07, 6.45) is -0.831. The first-order chi connectivity index (χ1) is 10.9. The first kappa shape index (κ1) is 16.4. The number of methoxy groups -OCH3 is 1. The summed E-state index contributed by atoms with van der Waals surface area (Å²) in [6.45, 7) is 1.74. The normalized spacial score (nSPS) is 20.6. The predicted molar refractivity (Wildman–Crippen MR) is 87.8 cm³/mol. The van der Waals surface area contributed by atoms with E-state index in [0.717, 1.165) is 11.3 Å². The lowest BCUT2D eigenvalue weighted by atomic mass is 10.2. The highest BCUT2D eigenvalue weighted by Gasteiger charge is 2.36. The third-order valence-electron chi connectivity index (χ3n) is 3.48. The molecule has 0 unspecified atom stereocenters. The van der Waals surface area contributed by atoms with Gasteiger partial charge in [0.05, 0.1) is 16.8 Å². The van der Waals surface area contributed by atoms with Crippen LogP contribution in [-0.2, 0) is 14.3 Å². The van der Waals surface area contributed by atoms with E-state index in [9.17, 15) is 9.59 Å². The van der Waals surface area contributed by atoms with Crippen molar-refractivity contribution in [2.75, 3.05) is 7.11 Å². The molecule has 0 saturated carbocycles. The van der Waals surface area contributed by atoms with Gasteiger partial charge in [-0.05, 0) is 19.1 Å². The topological polar surface area (TPSA) is 61.8 Å². The fourth-order valence-electron chi connectivity index (χ4n) is 2.37. The van der Waals surface area contributed by atoms with E-state index in [1.807, 2.05) is 0 Å². The van der Waals surface area contributed by atoms with Crippen LogP contribution in [0.4, 0.5) is 0 Å². The van der Waals surface area contributed by atoms with E-state index >= 15 is 0 Å². The number of carbonyl (C=O) groups is 2. The Balaban J connectivity index is 1.93. The molecular formula is C15H12Cl2O5S. The quantitative estimate of drug-likeness (QED) is 0.757. The van der Waals surface area contributed by atoms with Gasteiger partial charge in [0.15, 0.2) is 0 Å². The molecule has 3 rings (SSSR count). The number of fused-ring (bicyclic) bond motifs is 1. The lowest BCUT2D eigenvalue weighted by Gasteiger charge is -2.06. The van der Waals surface area contributed by atoms with Gasteiger partial charge in [0.1, 0.15) is 21.8 Å². The van der Waals surface area contributed by atoms with Crippen LogP contribution in [0.15, 0.2) is 12.1 Å². The Morgan fingerprint density at radius 2 is 2.09 bits per heavy atom. The second-order valence-corrected chi connectivity index (χ2v) is 6.86. The summed E-state index contributed by atoms with van der Waals surface area (Å²) < 4.78 is 16.0. The van der Waals surface area contributed by atoms with Crippen molar-refractivity contribution in [1.29, 1.82) is 0 Å². The Kier molecular flexibility index (Phi) is 4.40. The van der Waals surface area contributed by atoms with Crippen molar-refractivity contribution in [3.63, 3.8) is 0 Å². The van der Waals surface area contributed by atoms with Gasteiger partial charge in [0.25, 0.3) is 0 Å². The smallest absolute Gasteiger partial charge is 0.350 e. The summed E-state index contributed by atoms with van der Waals surface area (Å²) in [5, 5.41) is 1.26. The third kappa shape index (κ3) is 2.86. The maximum atomic E-state index is 12.3. The van der Waals surface area contributed by atoms with E-state index in [0.29, 0.717) is 27.3 Å². The zero-order chi connectivity index (χ0) is 16.7. The van der Waals surface area contributed by atoms with Crippen molar-refractivity contribution >= 4 is 56.6 Å². The Labute approximate surface area is 146 Å². The lowest BCUT2D eigenvalue weighted by Crippen LogP contribution is -2.22. The zero-order valence-electron chi connectivity index (χ0n) is 12.2. The minimum atomic E-state index is -0.899. The standard InChI is InChI=1S/C15H12Cl2O5S/c1-6-5-9(14(18)21-6)22-15(19)13-10(16)7-3-4-8(20-2)11(17)12(7)23-13/h3-4,6,9H,5H2,1-2H3/t6-,9+/m1/s1. The lowest BCUT2D eigenvalue weighted by molar-refractivity contribution is -0.147. The number of esters is 2. The van der Waals surface area contributed by atoms with Gasteiger partial charge < -0.3 is 14.2 Å². The molecule has 0 aliphatic carbocycles. The van der Waals surface area contributed by atoms with Crippen molar-refractivity contribution in [2.45, 2.75) is 25.6 Å². The van der Waals surface area contributed by atoms with E-state index in [1.165, 1.54) is 7.11 Å². The molecule has 2 aromatic rings. The fraction of sp³-hybridized carbons (Fsp3) is 0.333. The monoisotopic (exact) mass is 374 g/mol. The molecule has 8 heteroatoms. The Hall–Kier alpha value is -1.50. The summed E-state index contributed by atoms with van der Waals surface area (Å²) in [7, 11) is 1.50. The number of rotatable bonds is 3. The van der Waals surface area contributed by atoms with E-state index in [1.54, 1.807) is 19.1 Å². The maximum absolute atomic E-state index is 12.3. The second-order valence-electron chi connectivity index (χ2n) is 5.08. The molecule has 2 atom stereocenters. The maximum Gasteiger partial charge on any atom is 0.350 e. The van der Waals surface area contributed by atoms with Crippen molar-refractivity contribution in [3.8, 4) is 5.75 Å². The molecule has 5 nitrogen and oxygen atoms in total. The highest BCUT2D eigenvalue weighted by molar-refractivity contribution is 7.22. The largest absolute Gasteiger partial charge is 0.495 e. The van der Waals surface area contributed by atoms with Gasteiger partial charge in [-0.25, -0.2) is 9.59 Å². The van der Waals surface area contributed by atoms with E-state index in [4.69, 9.17) is 37.4 Å². The van der Waals surface area contributed by atoms with E-state index in [2.05, 4.69) is 0 Å². The van der Waals surface area contributed by atoms with Gasteiger partial charge in [0, 0.05) is 11.8 Å². The van der Waals surface area contributed by atoms with Crippen molar-refractivity contribution in [1.82, 2.24) is 0 Å². The van der Waals surface area contributed by atoms with E-state index < -0.39 is 18.0 Å². The first-order valence-corrected chi connectivity index (χ1v) is 8.35. The minimum absolute atomic E-state index is 0.198. The SMILES string of the molecule is COc1ccc2c(Cl)c(C(=O)O[C@H]3C[C@@H](C)OC3=O)sc2c1Cl. The summed E-state index contributed by atoms with van der Waals surface area (Å²) in [4.78, 5) is 24.1. The van der Waals surface area contributed by atoms with Crippen LogP contribution in [0.5, 0.6) is 5.75 Å². The molecular weight excluding hydrogens is 363 g/mol. The van der Waals surface area contributed by atoms with Gasteiger partial charge in [-0.1, -0.05) is 23.2 Å². The molecule has 1 fully saturated rings. The highest BCUT2D eigenvalue weighted by atomic mass is 35.5. The van der Waals surface area contributed by atoms with Gasteiger partial charge in [-0.15, -0.1) is 11.3 Å². The van der Waals surface area contributed by atoms with Crippen molar-refractivity contribution < 1.29 is 23.8 Å². The van der Waals surface area contributed by atoms with Gasteiger partial charge >= 0.3 is 11.9 Å². The van der Waals surface area contributed by atoms with Crippen molar-refractivity contribution in [3.05, 3.63) is 27.1 Å². The average molecular weight is 375 g/mol.